The third-order valence-corrected chi connectivity index (χ3v) is 3.65. The molecule has 0 saturated heterocycles. The second-order valence-electron chi connectivity index (χ2n) is 4.60. The summed E-state index contributed by atoms with van der Waals surface area (Å²) in [5, 5.41) is 22.8. The van der Waals surface area contributed by atoms with Crippen molar-refractivity contribution in [1.29, 1.82) is 0 Å². The van der Waals surface area contributed by atoms with E-state index in [2.05, 4.69) is 5.32 Å². The lowest BCUT2D eigenvalue weighted by Gasteiger charge is -2.28. The number of carbonyl (C=O) groups excluding carboxylic acids is 1. The zero-order valence-electron chi connectivity index (χ0n) is 11.5. The molecule has 0 unspecified atom stereocenters. The molecule has 110 valence electrons. The molecule has 0 heterocycles. The fraction of sp³-hybridized carbons (Fsp3) is 0.462. The summed E-state index contributed by atoms with van der Waals surface area (Å²) in [6.07, 6.45) is 1.08. The number of aromatic hydroxyl groups is 1. The van der Waals surface area contributed by atoms with Gasteiger partial charge in [-0.2, -0.15) is 0 Å². The standard InChI is InChI=1S/C13H19N3O4/c1-3-13(4-2,8-14)12(18)15-10-6-5-9(17)7-11(10)16(19)20/h5-7,17H,3-4,8,14H2,1-2H3,(H,15,18). The van der Waals surface area contributed by atoms with Gasteiger partial charge in [-0.1, -0.05) is 13.8 Å². The third kappa shape index (κ3) is 3.05. The molecule has 0 aliphatic rings. The molecule has 1 amide bonds. The molecule has 0 aliphatic heterocycles. The second-order valence-corrected chi connectivity index (χ2v) is 4.60. The van der Waals surface area contributed by atoms with Crippen LogP contribution >= 0.6 is 0 Å². The average Bonchev–Trinajstić information content (AvgIpc) is 2.43. The number of phenols is 1. The Bertz CT molecular complexity index is 504. The van der Waals surface area contributed by atoms with E-state index in [1.54, 1.807) is 0 Å². The Labute approximate surface area is 116 Å². The molecule has 20 heavy (non-hydrogen) atoms. The van der Waals surface area contributed by atoms with Gasteiger partial charge in [-0.25, -0.2) is 0 Å². The lowest BCUT2D eigenvalue weighted by Crippen LogP contribution is -2.41. The number of amides is 1. The van der Waals surface area contributed by atoms with Gasteiger partial charge >= 0.3 is 0 Å². The van der Waals surface area contributed by atoms with Crippen LogP contribution in [0.25, 0.3) is 0 Å². The first-order valence-electron chi connectivity index (χ1n) is 6.39. The van der Waals surface area contributed by atoms with Crippen LogP contribution in [-0.4, -0.2) is 22.5 Å². The molecule has 0 spiro atoms. The molecule has 0 aromatic heterocycles. The van der Waals surface area contributed by atoms with Gasteiger partial charge in [0.25, 0.3) is 5.69 Å². The summed E-state index contributed by atoms with van der Waals surface area (Å²) in [6, 6.07) is 3.58. The van der Waals surface area contributed by atoms with Crippen LogP contribution in [0, 0.1) is 15.5 Å². The fourth-order valence-corrected chi connectivity index (χ4v) is 1.98. The summed E-state index contributed by atoms with van der Waals surface area (Å²) in [6.45, 7) is 3.86. The maximum absolute atomic E-state index is 12.3. The molecule has 1 aromatic carbocycles. The average molecular weight is 281 g/mol. The second kappa shape index (κ2) is 6.33. The molecule has 0 aliphatic carbocycles. The van der Waals surface area contributed by atoms with E-state index in [-0.39, 0.29) is 29.6 Å². The van der Waals surface area contributed by atoms with Crippen LogP contribution in [0.1, 0.15) is 26.7 Å². The van der Waals surface area contributed by atoms with Crippen molar-refractivity contribution in [2.75, 3.05) is 11.9 Å². The van der Waals surface area contributed by atoms with E-state index in [9.17, 15) is 20.0 Å². The Balaban J connectivity index is 3.10. The van der Waals surface area contributed by atoms with Crippen LogP contribution in [0.15, 0.2) is 18.2 Å². The molecule has 0 bridgehead atoms. The molecule has 0 saturated carbocycles. The number of benzene rings is 1. The van der Waals surface area contributed by atoms with Gasteiger partial charge in [0.15, 0.2) is 0 Å². The first-order chi connectivity index (χ1) is 9.40. The molecular formula is C13H19N3O4. The van der Waals surface area contributed by atoms with Gasteiger partial charge in [-0.05, 0) is 25.0 Å². The van der Waals surface area contributed by atoms with E-state index in [4.69, 9.17) is 5.73 Å². The van der Waals surface area contributed by atoms with Gasteiger partial charge in [0.1, 0.15) is 11.4 Å². The fourth-order valence-electron chi connectivity index (χ4n) is 1.98. The third-order valence-electron chi connectivity index (χ3n) is 3.65. The summed E-state index contributed by atoms with van der Waals surface area (Å²) in [4.78, 5) is 22.6. The van der Waals surface area contributed by atoms with Gasteiger partial charge in [0.05, 0.1) is 16.4 Å². The monoisotopic (exact) mass is 281 g/mol. The molecule has 4 N–H and O–H groups in total. The number of hydrogen-bond acceptors (Lipinski definition) is 5. The highest BCUT2D eigenvalue weighted by Gasteiger charge is 2.34. The Kier molecular flexibility index (Phi) is 5.04. The first kappa shape index (κ1) is 15.9. The normalized spacial score (nSPS) is 11.2. The number of hydrogen-bond donors (Lipinski definition) is 3. The van der Waals surface area contributed by atoms with Crippen LogP contribution < -0.4 is 11.1 Å². The summed E-state index contributed by atoms with van der Waals surface area (Å²) < 4.78 is 0. The van der Waals surface area contributed by atoms with Crippen molar-refractivity contribution in [3.05, 3.63) is 28.3 Å². The minimum Gasteiger partial charge on any atom is -0.508 e. The molecule has 0 atom stereocenters. The van der Waals surface area contributed by atoms with E-state index in [1.165, 1.54) is 12.1 Å². The largest absolute Gasteiger partial charge is 0.508 e. The zero-order valence-corrected chi connectivity index (χ0v) is 11.5. The number of rotatable bonds is 6. The van der Waals surface area contributed by atoms with Gasteiger partial charge in [-0.3, -0.25) is 14.9 Å². The topological polar surface area (TPSA) is 118 Å². The molecule has 1 aromatic rings. The highest BCUT2D eigenvalue weighted by molar-refractivity contribution is 5.97. The Morgan fingerprint density at radius 3 is 2.50 bits per heavy atom. The van der Waals surface area contributed by atoms with Crippen LogP contribution in [0.2, 0.25) is 0 Å². The van der Waals surface area contributed by atoms with Crippen molar-refractivity contribution in [3.63, 3.8) is 0 Å². The van der Waals surface area contributed by atoms with Gasteiger partial charge < -0.3 is 16.2 Å². The van der Waals surface area contributed by atoms with Crippen LogP contribution in [0.4, 0.5) is 11.4 Å². The van der Waals surface area contributed by atoms with E-state index < -0.39 is 10.3 Å². The van der Waals surface area contributed by atoms with E-state index in [0.29, 0.717) is 12.8 Å². The summed E-state index contributed by atoms with van der Waals surface area (Å²) >= 11 is 0. The Morgan fingerprint density at radius 1 is 1.45 bits per heavy atom. The molecule has 7 heteroatoms. The van der Waals surface area contributed by atoms with Crippen molar-refractivity contribution in [3.8, 4) is 5.75 Å². The molecule has 7 nitrogen and oxygen atoms in total. The van der Waals surface area contributed by atoms with E-state index in [0.717, 1.165) is 6.07 Å². The summed E-state index contributed by atoms with van der Waals surface area (Å²) in [5.74, 6) is -0.579. The highest BCUT2D eigenvalue weighted by Crippen LogP contribution is 2.32. The maximum atomic E-state index is 12.3. The first-order valence-corrected chi connectivity index (χ1v) is 6.39. The number of nitro benzene ring substituents is 1. The summed E-state index contributed by atoms with van der Waals surface area (Å²) in [7, 11) is 0. The minimum atomic E-state index is -0.744. The van der Waals surface area contributed by atoms with Crippen LogP contribution in [0.3, 0.4) is 0 Å². The Hall–Kier alpha value is -2.15. The number of anilines is 1. The van der Waals surface area contributed by atoms with Crippen molar-refractivity contribution in [2.45, 2.75) is 26.7 Å². The highest BCUT2D eigenvalue weighted by atomic mass is 16.6. The predicted octanol–water partition coefficient (Wildman–Crippen LogP) is 2.00. The van der Waals surface area contributed by atoms with Crippen molar-refractivity contribution in [2.24, 2.45) is 11.1 Å². The number of nitrogens with one attached hydrogen (secondary N) is 1. The zero-order chi connectivity index (χ0) is 15.3. The van der Waals surface area contributed by atoms with Gasteiger partial charge in [-0.15, -0.1) is 0 Å². The smallest absolute Gasteiger partial charge is 0.296 e. The lowest BCUT2D eigenvalue weighted by atomic mass is 9.81. The van der Waals surface area contributed by atoms with Crippen molar-refractivity contribution in [1.82, 2.24) is 0 Å². The predicted molar refractivity (Wildman–Crippen MR) is 75.5 cm³/mol. The minimum absolute atomic E-state index is 0.0533. The number of carbonyl (C=O) groups is 1. The van der Waals surface area contributed by atoms with Crippen LogP contribution in [0.5, 0.6) is 5.75 Å². The SMILES string of the molecule is CCC(CC)(CN)C(=O)Nc1ccc(O)cc1[N+](=O)[O-]. The van der Waals surface area contributed by atoms with E-state index in [1.807, 2.05) is 13.8 Å². The van der Waals surface area contributed by atoms with Gasteiger partial charge in [0.2, 0.25) is 5.91 Å². The number of nitrogens with zero attached hydrogens (tertiary/aromatic N) is 1. The number of phenolic OH excluding ortho intramolecular Hbond substituents is 1. The Morgan fingerprint density at radius 2 is 2.05 bits per heavy atom. The molecular weight excluding hydrogens is 262 g/mol. The lowest BCUT2D eigenvalue weighted by molar-refractivity contribution is -0.384. The van der Waals surface area contributed by atoms with Gasteiger partial charge in [0, 0.05) is 6.54 Å². The number of nitrogens with two attached hydrogens (primary N) is 1. The quantitative estimate of drug-likeness (QED) is 0.418. The van der Waals surface area contributed by atoms with Crippen LogP contribution in [-0.2, 0) is 4.79 Å². The molecule has 1 rings (SSSR count). The number of nitro groups is 1. The summed E-state index contributed by atoms with van der Waals surface area (Å²) in [5.41, 5.74) is 4.63. The molecule has 0 radical (unpaired) electrons. The van der Waals surface area contributed by atoms with E-state index >= 15 is 0 Å². The van der Waals surface area contributed by atoms with Crippen molar-refractivity contribution < 1.29 is 14.8 Å². The molecule has 0 fully saturated rings. The van der Waals surface area contributed by atoms with Crippen molar-refractivity contribution >= 4 is 17.3 Å². The maximum Gasteiger partial charge on any atom is 0.296 e.